The molecule has 0 aromatic heterocycles. The summed E-state index contributed by atoms with van der Waals surface area (Å²) in [7, 11) is 0. The van der Waals surface area contributed by atoms with Crippen molar-refractivity contribution in [1.82, 2.24) is 5.32 Å². The maximum absolute atomic E-state index is 12.0. The van der Waals surface area contributed by atoms with Gasteiger partial charge in [0.15, 0.2) is 0 Å². The highest BCUT2D eigenvalue weighted by molar-refractivity contribution is 5.27. The minimum absolute atomic E-state index is 0.151. The van der Waals surface area contributed by atoms with Gasteiger partial charge in [0.05, 0.1) is 6.10 Å². The first kappa shape index (κ1) is 15.9. The molecule has 0 radical (unpaired) electrons. The molecule has 0 saturated heterocycles. The molecule has 19 heavy (non-hydrogen) atoms. The summed E-state index contributed by atoms with van der Waals surface area (Å²) in [5, 5.41) is 12.9. The van der Waals surface area contributed by atoms with Crippen LogP contribution in [0.2, 0.25) is 0 Å². The molecule has 1 rings (SSSR count). The van der Waals surface area contributed by atoms with Crippen LogP contribution in [0.3, 0.4) is 0 Å². The van der Waals surface area contributed by atoms with Crippen LogP contribution in [-0.2, 0) is 6.54 Å². The lowest BCUT2D eigenvalue weighted by Crippen LogP contribution is -2.31. The number of alkyl halides is 2. The second-order valence-corrected chi connectivity index (χ2v) is 4.61. The van der Waals surface area contributed by atoms with Crippen LogP contribution in [-0.4, -0.2) is 24.4 Å². The van der Waals surface area contributed by atoms with Crippen molar-refractivity contribution in [3.8, 4) is 5.75 Å². The molecule has 1 aromatic carbocycles. The van der Waals surface area contributed by atoms with Crippen molar-refractivity contribution in [2.75, 3.05) is 6.54 Å². The molecule has 3 nitrogen and oxygen atoms in total. The second kappa shape index (κ2) is 8.07. The molecule has 108 valence electrons. The number of nitrogens with one attached hydrogen (secondary N) is 1. The van der Waals surface area contributed by atoms with Gasteiger partial charge in [-0.25, -0.2) is 0 Å². The zero-order valence-electron chi connectivity index (χ0n) is 11.3. The average Bonchev–Trinajstić information content (AvgIpc) is 2.39. The van der Waals surface area contributed by atoms with Crippen molar-refractivity contribution < 1.29 is 18.6 Å². The summed E-state index contributed by atoms with van der Waals surface area (Å²) in [6.07, 6.45) is 0.564. The molecule has 0 bridgehead atoms. The average molecular weight is 273 g/mol. The number of hydrogen-bond donors (Lipinski definition) is 2. The Hall–Kier alpha value is -1.20. The maximum Gasteiger partial charge on any atom is 0.387 e. The van der Waals surface area contributed by atoms with Gasteiger partial charge in [0.25, 0.3) is 0 Å². The van der Waals surface area contributed by atoms with Crippen molar-refractivity contribution in [2.45, 2.75) is 39.5 Å². The Bertz CT molecular complexity index is 357. The van der Waals surface area contributed by atoms with Gasteiger partial charge in [-0.15, -0.1) is 0 Å². The number of hydrogen-bond acceptors (Lipinski definition) is 3. The topological polar surface area (TPSA) is 41.5 Å². The van der Waals surface area contributed by atoms with Gasteiger partial charge in [-0.1, -0.05) is 32.4 Å². The molecule has 0 aliphatic rings. The molecule has 0 aliphatic carbocycles. The first-order valence-corrected chi connectivity index (χ1v) is 6.45. The van der Waals surface area contributed by atoms with Gasteiger partial charge in [-0.05, 0) is 23.6 Å². The fourth-order valence-electron chi connectivity index (χ4n) is 1.63. The smallest absolute Gasteiger partial charge is 0.387 e. The predicted octanol–water partition coefficient (Wildman–Crippen LogP) is 2.78. The highest BCUT2D eigenvalue weighted by atomic mass is 19.3. The van der Waals surface area contributed by atoms with Crippen LogP contribution in [0, 0.1) is 5.92 Å². The third-order valence-electron chi connectivity index (χ3n) is 3.13. The lowest BCUT2D eigenvalue weighted by atomic mass is 10.0. The van der Waals surface area contributed by atoms with Crippen molar-refractivity contribution >= 4 is 0 Å². The Balaban J connectivity index is 2.34. The molecule has 2 N–H and O–H groups in total. The monoisotopic (exact) mass is 273 g/mol. The predicted molar refractivity (Wildman–Crippen MR) is 70.2 cm³/mol. The molecular weight excluding hydrogens is 252 g/mol. The Morgan fingerprint density at radius 1 is 1.26 bits per heavy atom. The Morgan fingerprint density at radius 3 is 2.42 bits per heavy atom. The first-order chi connectivity index (χ1) is 9.02. The molecule has 0 heterocycles. The summed E-state index contributed by atoms with van der Waals surface area (Å²) in [5.41, 5.74) is 0.956. The highest BCUT2D eigenvalue weighted by Gasteiger charge is 2.11. The molecule has 0 aliphatic heterocycles. The van der Waals surface area contributed by atoms with Crippen molar-refractivity contribution in [3.63, 3.8) is 0 Å². The standard InChI is InChI=1S/C14H21F2NO2/c1-3-10(2)13(18)9-17-8-11-4-6-12(7-5-11)19-14(15)16/h4-7,10,13-14,17-18H,3,8-9H2,1-2H3. The molecule has 0 amide bonds. The Morgan fingerprint density at radius 2 is 1.89 bits per heavy atom. The van der Waals surface area contributed by atoms with Crippen LogP contribution in [0.5, 0.6) is 5.75 Å². The number of benzene rings is 1. The SMILES string of the molecule is CCC(C)C(O)CNCc1ccc(OC(F)F)cc1. The normalized spacial score (nSPS) is 14.4. The molecule has 0 spiro atoms. The molecular formula is C14H21F2NO2. The van der Waals surface area contributed by atoms with Gasteiger partial charge in [0, 0.05) is 13.1 Å². The van der Waals surface area contributed by atoms with Crippen LogP contribution in [0.1, 0.15) is 25.8 Å². The van der Waals surface area contributed by atoms with Crippen LogP contribution < -0.4 is 10.1 Å². The molecule has 0 fully saturated rings. The van der Waals surface area contributed by atoms with Crippen molar-refractivity contribution in [3.05, 3.63) is 29.8 Å². The zero-order valence-corrected chi connectivity index (χ0v) is 11.3. The van der Waals surface area contributed by atoms with Crippen molar-refractivity contribution in [1.29, 1.82) is 0 Å². The summed E-state index contributed by atoms with van der Waals surface area (Å²) in [5.74, 6) is 0.410. The van der Waals surface area contributed by atoms with Crippen LogP contribution >= 0.6 is 0 Å². The van der Waals surface area contributed by atoms with Crippen LogP contribution in [0.4, 0.5) is 8.78 Å². The quantitative estimate of drug-likeness (QED) is 0.765. The van der Waals surface area contributed by atoms with Gasteiger partial charge < -0.3 is 15.2 Å². The number of aliphatic hydroxyl groups is 1. The maximum atomic E-state index is 12.0. The Kier molecular flexibility index (Phi) is 6.73. The molecule has 5 heteroatoms. The van der Waals surface area contributed by atoms with E-state index in [1.807, 2.05) is 13.8 Å². The molecule has 1 aromatic rings. The first-order valence-electron chi connectivity index (χ1n) is 6.45. The fourth-order valence-corrected chi connectivity index (χ4v) is 1.63. The van der Waals surface area contributed by atoms with E-state index < -0.39 is 6.61 Å². The van der Waals surface area contributed by atoms with Gasteiger partial charge >= 0.3 is 6.61 Å². The lowest BCUT2D eigenvalue weighted by molar-refractivity contribution is -0.0498. The lowest BCUT2D eigenvalue weighted by Gasteiger charge is -2.17. The fraction of sp³-hybridized carbons (Fsp3) is 0.571. The molecule has 2 atom stereocenters. The van der Waals surface area contributed by atoms with E-state index in [1.165, 1.54) is 12.1 Å². The van der Waals surface area contributed by atoms with Crippen molar-refractivity contribution in [2.24, 2.45) is 5.92 Å². The zero-order chi connectivity index (χ0) is 14.3. The van der Waals surface area contributed by atoms with E-state index in [1.54, 1.807) is 12.1 Å². The van der Waals surface area contributed by atoms with E-state index in [4.69, 9.17) is 0 Å². The minimum atomic E-state index is -2.80. The molecule has 0 saturated carbocycles. The largest absolute Gasteiger partial charge is 0.435 e. The summed E-state index contributed by atoms with van der Waals surface area (Å²) < 4.78 is 28.2. The summed E-state index contributed by atoms with van der Waals surface area (Å²) in [4.78, 5) is 0. The van der Waals surface area contributed by atoms with E-state index in [-0.39, 0.29) is 17.8 Å². The number of ether oxygens (including phenoxy) is 1. The highest BCUT2D eigenvalue weighted by Crippen LogP contribution is 2.14. The third kappa shape index (κ3) is 5.98. The van der Waals surface area contributed by atoms with E-state index >= 15 is 0 Å². The van der Waals surface area contributed by atoms with Gasteiger partial charge in [-0.3, -0.25) is 0 Å². The second-order valence-electron chi connectivity index (χ2n) is 4.61. The van der Waals surface area contributed by atoms with E-state index in [9.17, 15) is 13.9 Å². The van der Waals surface area contributed by atoms with Crippen LogP contribution in [0.25, 0.3) is 0 Å². The minimum Gasteiger partial charge on any atom is -0.435 e. The van der Waals surface area contributed by atoms with Gasteiger partial charge in [-0.2, -0.15) is 8.78 Å². The number of aliphatic hydroxyl groups excluding tert-OH is 1. The van der Waals surface area contributed by atoms with Crippen LogP contribution in [0.15, 0.2) is 24.3 Å². The molecule has 2 unspecified atom stereocenters. The number of halogens is 2. The third-order valence-corrected chi connectivity index (χ3v) is 3.13. The summed E-state index contributed by atoms with van der Waals surface area (Å²) >= 11 is 0. The summed E-state index contributed by atoms with van der Waals surface area (Å²) in [6, 6.07) is 6.46. The van der Waals surface area contributed by atoms with E-state index in [2.05, 4.69) is 10.1 Å². The van der Waals surface area contributed by atoms with E-state index in [0.29, 0.717) is 13.1 Å². The number of rotatable bonds is 8. The van der Waals surface area contributed by atoms with E-state index in [0.717, 1.165) is 12.0 Å². The summed E-state index contributed by atoms with van der Waals surface area (Å²) in [6.45, 7) is 2.35. The Labute approximate surface area is 112 Å². The van der Waals surface area contributed by atoms with Gasteiger partial charge in [0.1, 0.15) is 5.75 Å². The van der Waals surface area contributed by atoms with Gasteiger partial charge in [0.2, 0.25) is 0 Å².